The van der Waals surface area contributed by atoms with Crippen LogP contribution in [0.15, 0.2) is 53.4 Å². The standard InChI is InChI=1S/C15H19N3O2S/c1-2-17-21(19,20)15-9-7-14(8-10-15)18-13-5-3-12(11-16)4-6-13/h3-10,17-18H,2,11,16H2,1H3. The lowest BCUT2D eigenvalue weighted by Crippen LogP contribution is -2.22. The van der Waals surface area contributed by atoms with Crippen molar-refractivity contribution in [2.75, 3.05) is 11.9 Å². The Morgan fingerprint density at radius 1 is 0.952 bits per heavy atom. The number of hydrogen-bond acceptors (Lipinski definition) is 4. The van der Waals surface area contributed by atoms with Crippen LogP contribution in [0.5, 0.6) is 0 Å². The van der Waals surface area contributed by atoms with Crippen LogP contribution in [0.25, 0.3) is 0 Å². The fourth-order valence-corrected chi connectivity index (χ4v) is 2.92. The van der Waals surface area contributed by atoms with Gasteiger partial charge in [0.15, 0.2) is 0 Å². The number of hydrogen-bond donors (Lipinski definition) is 3. The van der Waals surface area contributed by atoms with E-state index in [1.165, 1.54) is 0 Å². The van der Waals surface area contributed by atoms with Crippen molar-refractivity contribution in [3.63, 3.8) is 0 Å². The van der Waals surface area contributed by atoms with E-state index in [2.05, 4.69) is 10.0 Å². The third kappa shape index (κ3) is 4.04. The van der Waals surface area contributed by atoms with Crippen LogP contribution in [0.1, 0.15) is 12.5 Å². The zero-order chi connectivity index (χ0) is 15.3. The van der Waals surface area contributed by atoms with E-state index in [1.54, 1.807) is 31.2 Å². The Labute approximate surface area is 125 Å². The molecule has 112 valence electrons. The molecule has 0 saturated heterocycles. The van der Waals surface area contributed by atoms with Crippen LogP contribution < -0.4 is 15.8 Å². The zero-order valence-electron chi connectivity index (χ0n) is 11.8. The lowest BCUT2D eigenvalue weighted by molar-refractivity contribution is 0.584. The molecule has 0 fully saturated rings. The fraction of sp³-hybridized carbons (Fsp3) is 0.200. The molecule has 0 amide bonds. The summed E-state index contributed by atoms with van der Waals surface area (Å²) in [4.78, 5) is 0.258. The molecule has 0 spiro atoms. The summed E-state index contributed by atoms with van der Waals surface area (Å²) in [5, 5.41) is 3.21. The Kier molecular flexibility index (Phi) is 4.95. The Bertz CT molecular complexity index is 680. The van der Waals surface area contributed by atoms with Crippen molar-refractivity contribution in [2.24, 2.45) is 5.73 Å². The van der Waals surface area contributed by atoms with Gasteiger partial charge in [-0.1, -0.05) is 19.1 Å². The molecule has 6 heteroatoms. The number of anilines is 2. The van der Waals surface area contributed by atoms with E-state index >= 15 is 0 Å². The molecular weight excluding hydrogens is 286 g/mol. The first kappa shape index (κ1) is 15.5. The molecule has 0 bridgehead atoms. The maximum atomic E-state index is 11.8. The molecule has 0 unspecified atom stereocenters. The van der Waals surface area contributed by atoms with E-state index in [4.69, 9.17) is 5.73 Å². The van der Waals surface area contributed by atoms with E-state index in [0.717, 1.165) is 16.9 Å². The van der Waals surface area contributed by atoms with Crippen LogP contribution in [0.2, 0.25) is 0 Å². The third-order valence-corrected chi connectivity index (χ3v) is 4.54. The normalized spacial score (nSPS) is 11.3. The molecule has 5 nitrogen and oxygen atoms in total. The second-order valence-electron chi connectivity index (χ2n) is 4.55. The van der Waals surface area contributed by atoms with Crippen molar-refractivity contribution >= 4 is 21.4 Å². The highest BCUT2D eigenvalue weighted by Gasteiger charge is 2.11. The van der Waals surface area contributed by atoms with Gasteiger partial charge in [-0.2, -0.15) is 0 Å². The lowest BCUT2D eigenvalue weighted by atomic mass is 10.2. The minimum Gasteiger partial charge on any atom is -0.356 e. The van der Waals surface area contributed by atoms with Crippen LogP contribution in [0.3, 0.4) is 0 Å². The maximum absolute atomic E-state index is 11.8. The van der Waals surface area contributed by atoms with Crippen molar-refractivity contribution in [3.8, 4) is 0 Å². The van der Waals surface area contributed by atoms with Crippen molar-refractivity contribution in [1.29, 1.82) is 0 Å². The fourth-order valence-electron chi connectivity index (χ4n) is 1.88. The summed E-state index contributed by atoms with van der Waals surface area (Å²) in [6.45, 7) is 2.63. The van der Waals surface area contributed by atoms with Crippen LogP contribution in [0, 0.1) is 0 Å². The van der Waals surface area contributed by atoms with Crippen LogP contribution >= 0.6 is 0 Å². The predicted molar refractivity (Wildman–Crippen MR) is 84.9 cm³/mol. The highest BCUT2D eigenvalue weighted by atomic mass is 32.2. The number of sulfonamides is 1. The molecule has 0 aromatic heterocycles. The zero-order valence-corrected chi connectivity index (χ0v) is 12.7. The van der Waals surface area contributed by atoms with Gasteiger partial charge in [0.2, 0.25) is 10.0 Å². The number of rotatable bonds is 6. The number of benzene rings is 2. The van der Waals surface area contributed by atoms with Crippen LogP contribution in [-0.4, -0.2) is 15.0 Å². The van der Waals surface area contributed by atoms with Gasteiger partial charge in [0, 0.05) is 24.5 Å². The molecule has 4 N–H and O–H groups in total. The highest BCUT2D eigenvalue weighted by Crippen LogP contribution is 2.19. The molecule has 0 aliphatic rings. The van der Waals surface area contributed by atoms with E-state index in [1.807, 2.05) is 24.3 Å². The molecule has 2 aromatic rings. The van der Waals surface area contributed by atoms with Crippen molar-refractivity contribution in [1.82, 2.24) is 4.72 Å². The summed E-state index contributed by atoms with van der Waals surface area (Å²) in [5.74, 6) is 0. The molecule has 0 atom stereocenters. The Hall–Kier alpha value is -1.89. The molecule has 0 radical (unpaired) electrons. The van der Waals surface area contributed by atoms with E-state index in [9.17, 15) is 8.42 Å². The molecule has 0 aliphatic heterocycles. The van der Waals surface area contributed by atoms with Gasteiger partial charge in [-0.3, -0.25) is 0 Å². The first-order chi connectivity index (χ1) is 10.0. The van der Waals surface area contributed by atoms with Gasteiger partial charge in [-0.15, -0.1) is 0 Å². The van der Waals surface area contributed by atoms with Gasteiger partial charge in [0.25, 0.3) is 0 Å². The minimum atomic E-state index is -3.40. The number of nitrogens with one attached hydrogen (secondary N) is 2. The first-order valence-corrected chi connectivity index (χ1v) is 8.19. The van der Waals surface area contributed by atoms with Gasteiger partial charge in [0.1, 0.15) is 0 Å². The average Bonchev–Trinajstić information content (AvgIpc) is 2.48. The molecule has 2 rings (SSSR count). The average molecular weight is 305 g/mol. The van der Waals surface area contributed by atoms with Crippen molar-refractivity contribution < 1.29 is 8.42 Å². The largest absolute Gasteiger partial charge is 0.356 e. The molecule has 21 heavy (non-hydrogen) atoms. The van der Waals surface area contributed by atoms with Crippen molar-refractivity contribution in [3.05, 3.63) is 54.1 Å². The van der Waals surface area contributed by atoms with Gasteiger partial charge < -0.3 is 11.1 Å². The van der Waals surface area contributed by atoms with Gasteiger partial charge in [0.05, 0.1) is 4.90 Å². The summed E-state index contributed by atoms with van der Waals surface area (Å²) >= 11 is 0. The molecule has 0 heterocycles. The minimum absolute atomic E-state index is 0.258. The third-order valence-electron chi connectivity index (χ3n) is 2.98. The molecule has 0 saturated carbocycles. The van der Waals surface area contributed by atoms with Crippen LogP contribution in [-0.2, 0) is 16.6 Å². The summed E-state index contributed by atoms with van der Waals surface area (Å²) in [6, 6.07) is 14.4. The maximum Gasteiger partial charge on any atom is 0.240 e. The molecule has 2 aromatic carbocycles. The first-order valence-electron chi connectivity index (χ1n) is 6.71. The van der Waals surface area contributed by atoms with Gasteiger partial charge >= 0.3 is 0 Å². The van der Waals surface area contributed by atoms with Crippen molar-refractivity contribution in [2.45, 2.75) is 18.4 Å². The Morgan fingerprint density at radius 3 is 1.95 bits per heavy atom. The van der Waals surface area contributed by atoms with E-state index in [-0.39, 0.29) is 4.90 Å². The monoisotopic (exact) mass is 305 g/mol. The summed E-state index contributed by atoms with van der Waals surface area (Å²) < 4.78 is 26.1. The lowest BCUT2D eigenvalue weighted by Gasteiger charge is -2.09. The SMILES string of the molecule is CCNS(=O)(=O)c1ccc(Nc2ccc(CN)cc2)cc1. The highest BCUT2D eigenvalue weighted by molar-refractivity contribution is 7.89. The summed E-state index contributed by atoms with van der Waals surface area (Å²) in [6.07, 6.45) is 0. The Morgan fingerprint density at radius 2 is 1.48 bits per heavy atom. The van der Waals surface area contributed by atoms with E-state index < -0.39 is 10.0 Å². The second kappa shape index (κ2) is 6.71. The van der Waals surface area contributed by atoms with Gasteiger partial charge in [-0.25, -0.2) is 13.1 Å². The summed E-state index contributed by atoms with van der Waals surface area (Å²) in [5.41, 5.74) is 8.36. The topological polar surface area (TPSA) is 84.2 Å². The quantitative estimate of drug-likeness (QED) is 0.764. The molecule has 0 aliphatic carbocycles. The number of nitrogens with two attached hydrogens (primary N) is 1. The Balaban J connectivity index is 2.12. The van der Waals surface area contributed by atoms with E-state index in [0.29, 0.717) is 13.1 Å². The smallest absolute Gasteiger partial charge is 0.240 e. The van der Waals surface area contributed by atoms with Crippen LogP contribution in [0.4, 0.5) is 11.4 Å². The van der Waals surface area contributed by atoms with Gasteiger partial charge in [-0.05, 0) is 42.0 Å². The second-order valence-corrected chi connectivity index (χ2v) is 6.32. The summed E-state index contributed by atoms with van der Waals surface area (Å²) in [7, 11) is -3.40. The molecular formula is C15H19N3O2S. The predicted octanol–water partition coefficient (Wildman–Crippen LogP) is 2.19.